The molecule has 0 fully saturated rings. The van der Waals surface area contributed by atoms with E-state index < -0.39 is 23.6 Å². The number of hydrogen-bond acceptors (Lipinski definition) is 6. The zero-order valence-corrected chi connectivity index (χ0v) is 10.5. The van der Waals surface area contributed by atoms with Crippen molar-refractivity contribution in [2.24, 2.45) is 5.73 Å². The standard InChI is InChI=1S/C11H16N2O6/c1-13(5-3-10(16)17)9(15)6-8(7-14)19-11(18)2-4-12/h6-7H,2-5,12H2,1H3,(H,16,17)/b8-6+. The zero-order chi connectivity index (χ0) is 14.8. The number of carboxylic acid groups (broad SMARTS) is 1. The summed E-state index contributed by atoms with van der Waals surface area (Å²) in [4.78, 5) is 44.7. The van der Waals surface area contributed by atoms with Crippen molar-refractivity contribution in [2.45, 2.75) is 12.8 Å². The molecular weight excluding hydrogens is 256 g/mol. The van der Waals surface area contributed by atoms with Crippen LogP contribution in [0.25, 0.3) is 0 Å². The van der Waals surface area contributed by atoms with Crippen molar-refractivity contribution in [3.8, 4) is 0 Å². The Kier molecular flexibility index (Phi) is 7.78. The molecule has 0 aromatic rings. The Morgan fingerprint density at radius 3 is 2.42 bits per heavy atom. The molecule has 0 atom stereocenters. The van der Waals surface area contributed by atoms with E-state index in [1.165, 1.54) is 7.05 Å². The lowest BCUT2D eigenvalue weighted by molar-refractivity contribution is -0.141. The molecule has 0 spiro atoms. The quantitative estimate of drug-likeness (QED) is 0.248. The molecule has 0 saturated carbocycles. The lowest BCUT2D eigenvalue weighted by Gasteiger charge is -2.13. The summed E-state index contributed by atoms with van der Waals surface area (Å²) in [5.74, 6) is -2.84. The molecule has 19 heavy (non-hydrogen) atoms. The summed E-state index contributed by atoms with van der Waals surface area (Å²) >= 11 is 0. The number of hydrogen-bond donors (Lipinski definition) is 2. The first-order chi connectivity index (χ1) is 8.90. The van der Waals surface area contributed by atoms with Gasteiger partial charge in [0.1, 0.15) is 0 Å². The third-order valence-corrected chi connectivity index (χ3v) is 2.00. The fourth-order valence-corrected chi connectivity index (χ4v) is 0.993. The molecule has 0 saturated heterocycles. The molecule has 0 aliphatic rings. The molecule has 106 valence electrons. The monoisotopic (exact) mass is 272 g/mol. The van der Waals surface area contributed by atoms with Gasteiger partial charge in [0.15, 0.2) is 12.0 Å². The summed E-state index contributed by atoms with van der Waals surface area (Å²) in [6, 6.07) is 0. The zero-order valence-electron chi connectivity index (χ0n) is 10.5. The van der Waals surface area contributed by atoms with Gasteiger partial charge in [-0.25, -0.2) is 0 Å². The highest BCUT2D eigenvalue weighted by Gasteiger charge is 2.12. The summed E-state index contributed by atoms with van der Waals surface area (Å²) in [7, 11) is 1.37. The van der Waals surface area contributed by atoms with Gasteiger partial charge in [-0.2, -0.15) is 0 Å². The predicted molar refractivity (Wildman–Crippen MR) is 63.8 cm³/mol. The van der Waals surface area contributed by atoms with Crippen LogP contribution in [0.1, 0.15) is 12.8 Å². The molecule has 0 rings (SSSR count). The van der Waals surface area contributed by atoms with Gasteiger partial charge in [0.25, 0.3) is 0 Å². The van der Waals surface area contributed by atoms with Crippen LogP contribution in [0.4, 0.5) is 0 Å². The van der Waals surface area contributed by atoms with E-state index in [4.69, 9.17) is 10.8 Å². The van der Waals surface area contributed by atoms with Gasteiger partial charge in [0.2, 0.25) is 5.91 Å². The number of ether oxygens (including phenoxy) is 1. The van der Waals surface area contributed by atoms with Gasteiger partial charge in [0, 0.05) is 26.2 Å². The minimum Gasteiger partial charge on any atom is -0.481 e. The second kappa shape index (κ2) is 8.81. The largest absolute Gasteiger partial charge is 0.481 e. The third kappa shape index (κ3) is 7.66. The van der Waals surface area contributed by atoms with Gasteiger partial charge >= 0.3 is 11.9 Å². The van der Waals surface area contributed by atoms with Crippen LogP contribution < -0.4 is 5.73 Å². The number of nitrogens with two attached hydrogens (primary N) is 1. The highest BCUT2D eigenvalue weighted by molar-refractivity contribution is 5.93. The molecule has 0 aromatic heterocycles. The van der Waals surface area contributed by atoms with E-state index in [-0.39, 0.29) is 32.2 Å². The SMILES string of the molecule is CN(CCC(=O)O)C(=O)/C=C(\C=O)OC(=O)CCN. The van der Waals surface area contributed by atoms with Crippen molar-refractivity contribution in [1.29, 1.82) is 0 Å². The Morgan fingerprint density at radius 2 is 1.95 bits per heavy atom. The number of carboxylic acids is 1. The molecule has 0 unspecified atom stereocenters. The van der Waals surface area contributed by atoms with Crippen LogP contribution in [0.2, 0.25) is 0 Å². The van der Waals surface area contributed by atoms with E-state index in [1.54, 1.807) is 0 Å². The second-order valence-corrected chi connectivity index (χ2v) is 3.58. The smallest absolute Gasteiger partial charge is 0.312 e. The van der Waals surface area contributed by atoms with Gasteiger partial charge in [0.05, 0.1) is 12.8 Å². The molecule has 0 heterocycles. The van der Waals surface area contributed by atoms with E-state index in [0.717, 1.165) is 11.0 Å². The predicted octanol–water partition coefficient (Wildman–Crippen LogP) is -1.11. The minimum atomic E-state index is -1.05. The molecule has 8 heteroatoms. The van der Waals surface area contributed by atoms with Gasteiger partial charge in [-0.3, -0.25) is 19.2 Å². The Balaban J connectivity index is 4.50. The van der Waals surface area contributed by atoms with Crippen molar-refractivity contribution in [3.05, 3.63) is 11.8 Å². The Bertz CT molecular complexity index is 391. The maximum absolute atomic E-state index is 11.5. The number of carbonyl (C=O) groups excluding carboxylic acids is 3. The van der Waals surface area contributed by atoms with Crippen molar-refractivity contribution in [1.82, 2.24) is 4.90 Å². The normalized spacial score (nSPS) is 10.7. The third-order valence-electron chi connectivity index (χ3n) is 2.00. The molecule has 0 aliphatic carbocycles. The lowest BCUT2D eigenvalue weighted by atomic mass is 10.3. The highest BCUT2D eigenvalue weighted by Crippen LogP contribution is 1.99. The van der Waals surface area contributed by atoms with Gasteiger partial charge in [-0.05, 0) is 0 Å². The number of amides is 1. The second-order valence-electron chi connectivity index (χ2n) is 3.58. The number of esters is 1. The molecule has 0 bridgehead atoms. The summed E-state index contributed by atoms with van der Waals surface area (Å²) in [5.41, 5.74) is 5.12. The molecule has 0 aromatic carbocycles. The lowest BCUT2D eigenvalue weighted by Crippen LogP contribution is -2.28. The van der Waals surface area contributed by atoms with Crippen LogP contribution in [0, 0.1) is 0 Å². The van der Waals surface area contributed by atoms with Crippen LogP contribution in [0.15, 0.2) is 11.8 Å². The van der Waals surface area contributed by atoms with Gasteiger partial charge in [-0.1, -0.05) is 0 Å². The summed E-state index contributed by atoms with van der Waals surface area (Å²) in [5, 5.41) is 8.46. The number of allylic oxidation sites excluding steroid dienone is 1. The molecule has 0 radical (unpaired) electrons. The number of likely N-dealkylation sites (N-methyl/N-ethyl adjacent to an activating group) is 1. The fourth-order valence-electron chi connectivity index (χ4n) is 0.993. The molecule has 3 N–H and O–H groups in total. The Hall–Kier alpha value is -2.22. The average Bonchev–Trinajstić information content (AvgIpc) is 2.34. The molecule has 0 aliphatic heterocycles. The number of aldehydes is 1. The van der Waals surface area contributed by atoms with Crippen LogP contribution in [-0.2, 0) is 23.9 Å². The maximum Gasteiger partial charge on any atom is 0.312 e. The molecule has 8 nitrogen and oxygen atoms in total. The highest BCUT2D eigenvalue weighted by atomic mass is 16.5. The van der Waals surface area contributed by atoms with Crippen LogP contribution in [-0.4, -0.2) is 54.3 Å². The van der Waals surface area contributed by atoms with E-state index in [0.29, 0.717) is 0 Å². The summed E-state index contributed by atoms with van der Waals surface area (Å²) in [6.07, 6.45) is 0.744. The van der Waals surface area contributed by atoms with Crippen LogP contribution in [0.5, 0.6) is 0 Å². The summed E-state index contributed by atoms with van der Waals surface area (Å²) < 4.78 is 4.60. The van der Waals surface area contributed by atoms with Crippen molar-refractivity contribution >= 4 is 24.1 Å². The number of nitrogens with zero attached hydrogens (tertiary/aromatic N) is 1. The number of rotatable bonds is 8. The Labute approximate surface area is 109 Å². The topological polar surface area (TPSA) is 127 Å². The minimum absolute atomic E-state index is 0.0203. The van der Waals surface area contributed by atoms with Crippen LogP contribution >= 0.6 is 0 Å². The van der Waals surface area contributed by atoms with Gasteiger partial charge in [-0.15, -0.1) is 0 Å². The molecular formula is C11H16N2O6. The Morgan fingerprint density at radius 1 is 1.32 bits per heavy atom. The van der Waals surface area contributed by atoms with E-state index >= 15 is 0 Å². The number of carbonyl (C=O) groups is 4. The first-order valence-corrected chi connectivity index (χ1v) is 5.45. The first kappa shape index (κ1) is 16.8. The maximum atomic E-state index is 11.5. The fraction of sp³-hybridized carbons (Fsp3) is 0.455. The van der Waals surface area contributed by atoms with Crippen molar-refractivity contribution in [3.63, 3.8) is 0 Å². The number of aliphatic carboxylic acids is 1. The van der Waals surface area contributed by atoms with Gasteiger partial charge < -0.3 is 20.5 Å². The first-order valence-electron chi connectivity index (χ1n) is 5.45. The van der Waals surface area contributed by atoms with E-state index in [2.05, 4.69) is 4.74 Å². The van der Waals surface area contributed by atoms with E-state index in [9.17, 15) is 19.2 Å². The van der Waals surface area contributed by atoms with E-state index in [1.807, 2.05) is 0 Å². The van der Waals surface area contributed by atoms with Crippen molar-refractivity contribution < 1.29 is 29.0 Å². The molecule has 1 amide bonds. The van der Waals surface area contributed by atoms with Crippen LogP contribution in [0.3, 0.4) is 0 Å². The van der Waals surface area contributed by atoms with Crippen molar-refractivity contribution in [2.75, 3.05) is 20.1 Å². The average molecular weight is 272 g/mol. The summed E-state index contributed by atoms with van der Waals surface area (Å²) in [6.45, 7) is 0.0466.